The predicted octanol–water partition coefficient (Wildman–Crippen LogP) is 0.397. The van der Waals surface area contributed by atoms with Gasteiger partial charge in [0.15, 0.2) is 11.5 Å². The highest BCUT2D eigenvalue weighted by Crippen LogP contribution is 2.32. The fourth-order valence-corrected chi connectivity index (χ4v) is 2.83. The van der Waals surface area contributed by atoms with E-state index in [0.717, 1.165) is 12.0 Å². The summed E-state index contributed by atoms with van der Waals surface area (Å²) < 4.78 is 33.8. The highest BCUT2D eigenvalue weighted by molar-refractivity contribution is 7.90. The summed E-state index contributed by atoms with van der Waals surface area (Å²) in [7, 11) is -3.13. The largest absolute Gasteiger partial charge is 0.490 e. The molecule has 7 heteroatoms. The molecule has 106 valence electrons. The van der Waals surface area contributed by atoms with Crippen molar-refractivity contribution in [1.29, 1.82) is 0 Å². The Labute approximate surface area is 112 Å². The number of rotatable bonds is 4. The Kier molecular flexibility index (Phi) is 4.28. The van der Waals surface area contributed by atoms with Crippen LogP contribution in [0.4, 0.5) is 0 Å². The van der Waals surface area contributed by atoms with Gasteiger partial charge in [-0.15, -0.1) is 0 Å². The van der Waals surface area contributed by atoms with E-state index in [1.165, 1.54) is 6.26 Å². The van der Waals surface area contributed by atoms with E-state index in [2.05, 4.69) is 5.43 Å². The molecule has 1 heterocycles. The molecule has 0 bridgehead atoms. The van der Waals surface area contributed by atoms with E-state index in [1.54, 1.807) is 18.2 Å². The lowest BCUT2D eigenvalue weighted by Gasteiger charge is -2.17. The average molecular weight is 286 g/mol. The Balaban J connectivity index is 2.26. The first-order valence-corrected chi connectivity index (χ1v) is 8.09. The van der Waals surface area contributed by atoms with Crippen LogP contribution < -0.4 is 20.7 Å². The lowest BCUT2D eigenvalue weighted by Crippen LogP contribution is -2.33. The van der Waals surface area contributed by atoms with Crippen molar-refractivity contribution in [1.82, 2.24) is 5.43 Å². The van der Waals surface area contributed by atoms with E-state index < -0.39 is 15.9 Å². The zero-order valence-electron chi connectivity index (χ0n) is 10.8. The van der Waals surface area contributed by atoms with Crippen LogP contribution in [-0.4, -0.2) is 33.6 Å². The SMILES string of the molecule is CS(=O)(=O)CC(NN)c1ccc2c(c1)OCCCO2. The van der Waals surface area contributed by atoms with Gasteiger partial charge in [-0.3, -0.25) is 11.3 Å². The van der Waals surface area contributed by atoms with E-state index in [-0.39, 0.29) is 5.75 Å². The second-order valence-corrected chi connectivity index (χ2v) is 6.75. The summed E-state index contributed by atoms with van der Waals surface area (Å²) in [5, 5.41) is 0. The predicted molar refractivity (Wildman–Crippen MR) is 71.8 cm³/mol. The van der Waals surface area contributed by atoms with Crippen LogP contribution >= 0.6 is 0 Å². The first-order valence-electron chi connectivity index (χ1n) is 6.03. The summed E-state index contributed by atoms with van der Waals surface area (Å²) in [5.41, 5.74) is 3.28. The Morgan fingerprint density at radius 3 is 2.63 bits per heavy atom. The number of hydrazine groups is 1. The van der Waals surface area contributed by atoms with Gasteiger partial charge in [0.05, 0.1) is 25.0 Å². The van der Waals surface area contributed by atoms with Gasteiger partial charge in [0, 0.05) is 12.7 Å². The molecule has 1 aliphatic heterocycles. The molecule has 19 heavy (non-hydrogen) atoms. The molecule has 0 aliphatic carbocycles. The standard InChI is InChI=1S/C12H18N2O4S/c1-19(15,16)8-10(14-13)9-3-4-11-12(7-9)18-6-2-5-17-11/h3-4,7,10,14H,2,5-6,8,13H2,1H3. The second kappa shape index (κ2) is 5.77. The molecule has 6 nitrogen and oxygen atoms in total. The minimum atomic E-state index is -3.13. The molecule has 0 spiro atoms. The molecule has 0 aromatic heterocycles. The van der Waals surface area contributed by atoms with Gasteiger partial charge in [-0.1, -0.05) is 6.07 Å². The van der Waals surface area contributed by atoms with Crippen LogP contribution in [0.2, 0.25) is 0 Å². The molecule has 1 aromatic carbocycles. The topological polar surface area (TPSA) is 90.7 Å². The minimum Gasteiger partial charge on any atom is -0.490 e. The van der Waals surface area contributed by atoms with Crippen LogP contribution in [0.5, 0.6) is 11.5 Å². The number of benzene rings is 1. The summed E-state index contributed by atoms with van der Waals surface area (Å²) in [5.74, 6) is 6.67. The zero-order valence-corrected chi connectivity index (χ0v) is 11.6. The van der Waals surface area contributed by atoms with Crippen molar-refractivity contribution in [3.63, 3.8) is 0 Å². The number of fused-ring (bicyclic) bond motifs is 1. The molecule has 1 aliphatic rings. The number of nitrogens with two attached hydrogens (primary N) is 1. The third-order valence-corrected chi connectivity index (χ3v) is 3.78. The minimum absolute atomic E-state index is 0.0663. The molecule has 3 N–H and O–H groups in total. The van der Waals surface area contributed by atoms with Crippen molar-refractivity contribution >= 4 is 9.84 Å². The number of nitrogens with one attached hydrogen (secondary N) is 1. The Bertz CT molecular complexity index is 545. The average Bonchev–Trinajstić information content (AvgIpc) is 2.59. The lowest BCUT2D eigenvalue weighted by molar-refractivity contribution is 0.297. The normalized spacial score (nSPS) is 16.7. The van der Waals surface area contributed by atoms with Gasteiger partial charge in [0.25, 0.3) is 0 Å². The molecule has 2 rings (SSSR count). The summed E-state index contributed by atoms with van der Waals surface area (Å²) in [6, 6.07) is 4.88. The maximum absolute atomic E-state index is 11.4. The van der Waals surface area contributed by atoms with Crippen molar-refractivity contribution in [2.45, 2.75) is 12.5 Å². The van der Waals surface area contributed by atoms with Crippen LogP contribution in [0, 0.1) is 0 Å². The van der Waals surface area contributed by atoms with E-state index in [9.17, 15) is 8.42 Å². The Morgan fingerprint density at radius 1 is 1.32 bits per heavy atom. The van der Waals surface area contributed by atoms with Crippen LogP contribution in [0.3, 0.4) is 0 Å². The van der Waals surface area contributed by atoms with Gasteiger partial charge >= 0.3 is 0 Å². The molecule has 1 aromatic rings. The fraction of sp³-hybridized carbons (Fsp3) is 0.500. The van der Waals surface area contributed by atoms with Gasteiger partial charge in [0.1, 0.15) is 9.84 Å². The quantitative estimate of drug-likeness (QED) is 0.615. The van der Waals surface area contributed by atoms with Crippen molar-refractivity contribution in [3.05, 3.63) is 23.8 Å². The number of hydrogen-bond donors (Lipinski definition) is 2. The third-order valence-electron chi connectivity index (χ3n) is 2.84. The Morgan fingerprint density at radius 2 is 2.00 bits per heavy atom. The van der Waals surface area contributed by atoms with Gasteiger partial charge in [-0.05, 0) is 17.7 Å². The number of hydrogen-bond acceptors (Lipinski definition) is 6. The van der Waals surface area contributed by atoms with E-state index >= 15 is 0 Å². The summed E-state index contributed by atoms with van der Waals surface area (Å²) >= 11 is 0. The van der Waals surface area contributed by atoms with Gasteiger partial charge < -0.3 is 9.47 Å². The molecule has 0 saturated heterocycles. The first-order chi connectivity index (χ1) is 8.99. The molecule has 0 fully saturated rings. The third kappa shape index (κ3) is 3.82. The van der Waals surface area contributed by atoms with Crippen LogP contribution in [0.15, 0.2) is 18.2 Å². The van der Waals surface area contributed by atoms with E-state index in [0.29, 0.717) is 24.7 Å². The summed E-state index contributed by atoms with van der Waals surface area (Å²) in [6.45, 7) is 1.21. The van der Waals surface area contributed by atoms with E-state index in [4.69, 9.17) is 15.3 Å². The zero-order chi connectivity index (χ0) is 13.9. The Hall–Kier alpha value is -1.31. The van der Waals surface area contributed by atoms with Crippen molar-refractivity contribution in [2.75, 3.05) is 25.2 Å². The lowest BCUT2D eigenvalue weighted by atomic mass is 10.1. The molecule has 1 unspecified atom stereocenters. The summed E-state index contributed by atoms with van der Waals surface area (Å²) in [6.07, 6.45) is 2.01. The maximum Gasteiger partial charge on any atom is 0.161 e. The smallest absolute Gasteiger partial charge is 0.161 e. The van der Waals surface area contributed by atoms with Crippen molar-refractivity contribution in [3.8, 4) is 11.5 Å². The van der Waals surface area contributed by atoms with Gasteiger partial charge in [0.2, 0.25) is 0 Å². The molecule has 0 radical (unpaired) electrons. The molecule has 0 amide bonds. The molecule has 1 atom stereocenters. The number of sulfone groups is 1. The number of ether oxygens (including phenoxy) is 2. The first kappa shape index (κ1) is 14.1. The van der Waals surface area contributed by atoms with Crippen molar-refractivity contribution in [2.24, 2.45) is 5.84 Å². The maximum atomic E-state index is 11.4. The van der Waals surface area contributed by atoms with E-state index in [1.807, 2.05) is 0 Å². The fourth-order valence-electron chi connectivity index (χ4n) is 1.94. The van der Waals surface area contributed by atoms with Crippen LogP contribution in [-0.2, 0) is 9.84 Å². The summed E-state index contributed by atoms with van der Waals surface area (Å²) in [4.78, 5) is 0. The van der Waals surface area contributed by atoms with Gasteiger partial charge in [-0.25, -0.2) is 8.42 Å². The van der Waals surface area contributed by atoms with Crippen LogP contribution in [0.25, 0.3) is 0 Å². The van der Waals surface area contributed by atoms with Gasteiger partial charge in [-0.2, -0.15) is 0 Å². The van der Waals surface area contributed by atoms with Crippen molar-refractivity contribution < 1.29 is 17.9 Å². The monoisotopic (exact) mass is 286 g/mol. The highest BCUT2D eigenvalue weighted by atomic mass is 32.2. The highest BCUT2D eigenvalue weighted by Gasteiger charge is 2.19. The second-order valence-electron chi connectivity index (χ2n) is 4.57. The van der Waals surface area contributed by atoms with Crippen LogP contribution in [0.1, 0.15) is 18.0 Å². The molecule has 0 saturated carbocycles. The molecular formula is C12H18N2O4S. The molecular weight excluding hydrogens is 268 g/mol.